The molecule has 0 aromatic heterocycles. The smallest absolute Gasteiger partial charge is 0.119 e. The molecule has 0 saturated carbocycles. The molecule has 0 fully saturated rings. The zero-order chi connectivity index (χ0) is 15.8. The quantitative estimate of drug-likeness (QED) is 0.700. The Morgan fingerprint density at radius 2 is 1.73 bits per heavy atom. The summed E-state index contributed by atoms with van der Waals surface area (Å²) in [5, 5.41) is 22.5. The van der Waals surface area contributed by atoms with Crippen molar-refractivity contribution in [2.45, 2.75) is 25.5 Å². The first-order valence-electron chi connectivity index (χ1n) is 7.50. The fourth-order valence-electron chi connectivity index (χ4n) is 2.16. The Morgan fingerprint density at radius 3 is 2.41 bits per heavy atom. The number of benzene rings is 2. The molecule has 0 amide bonds. The number of aliphatic hydroxyl groups is 1. The summed E-state index contributed by atoms with van der Waals surface area (Å²) in [5.74, 6) is 1.04. The Morgan fingerprint density at radius 1 is 1.05 bits per heavy atom. The monoisotopic (exact) mass is 301 g/mol. The van der Waals surface area contributed by atoms with E-state index in [-0.39, 0.29) is 18.4 Å². The van der Waals surface area contributed by atoms with Gasteiger partial charge in [0.05, 0.1) is 0 Å². The minimum atomic E-state index is -0.553. The predicted molar refractivity (Wildman–Crippen MR) is 87.2 cm³/mol. The number of aromatic hydroxyl groups is 1. The number of nitrogens with one attached hydrogen (secondary N) is 1. The zero-order valence-electron chi connectivity index (χ0n) is 12.8. The standard InChI is InChI=1S/C18H23NO3/c1-14(11-15-7-9-16(20)10-8-15)19-12-17(21)13-22-18-5-3-2-4-6-18/h2-10,14,17,19-21H,11-13H2,1H3/t14-,17+/m1/s1. The zero-order valence-corrected chi connectivity index (χ0v) is 12.8. The van der Waals surface area contributed by atoms with Gasteiger partial charge >= 0.3 is 0 Å². The van der Waals surface area contributed by atoms with E-state index in [2.05, 4.69) is 12.2 Å². The van der Waals surface area contributed by atoms with E-state index in [1.165, 1.54) is 0 Å². The van der Waals surface area contributed by atoms with E-state index >= 15 is 0 Å². The minimum absolute atomic E-state index is 0.232. The molecule has 2 aromatic rings. The van der Waals surface area contributed by atoms with Crippen LogP contribution in [0.1, 0.15) is 12.5 Å². The van der Waals surface area contributed by atoms with Crippen LogP contribution in [0.15, 0.2) is 54.6 Å². The lowest BCUT2D eigenvalue weighted by atomic mass is 10.1. The SMILES string of the molecule is C[C@H](Cc1ccc(O)cc1)NC[C@H](O)COc1ccccc1. The van der Waals surface area contributed by atoms with Crippen LogP contribution >= 0.6 is 0 Å². The molecule has 118 valence electrons. The van der Waals surface area contributed by atoms with Crippen LogP contribution in [-0.4, -0.2) is 35.5 Å². The van der Waals surface area contributed by atoms with Crippen LogP contribution in [0.5, 0.6) is 11.5 Å². The van der Waals surface area contributed by atoms with Gasteiger partial charge in [0, 0.05) is 12.6 Å². The van der Waals surface area contributed by atoms with Gasteiger partial charge in [-0.15, -0.1) is 0 Å². The maximum Gasteiger partial charge on any atom is 0.119 e. The van der Waals surface area contributed by atoms with Crippen molar-refractivity contribution in [1.82, 2.24) is 5.32 Å². The Balaban J connectivity index is 1.67. The molecule has 22 heavy (non-hydrogen) atoms. The van der Waals surface area contributed by atoms with Gasteiger partial charge in [-0.25, -0.2) is 0 Å². The van der Waals surface area contributed by atoms with Crippen LogP contribution in [0.25, 0.3) is 0 Å². The number of hydrogen-bond acceptors (Lipinski definition) is 4. The second kappa shape index (κ2) is 8.41. The van der Waals surface area contributed by atoms with Gasteiger partial charge in [-0.05, 0) is 43.2 Å². The van der Waals surface area contributed by atoms with E-state index in [1.54, 1.807) is 12.1 Å². The lowest BCUT2D eigenvalue weighted by molar-refractivity contribution is 0.104. The fourth-order valence-corrected chi connectivity index (χ4v) is 2.16. The summed E-state index contributed by atoms with van der Waals surface area (Å²) in [5.41, 5.74) is 1.15. The lowest BCUT2D eigenvalue weighted by Crippen LogP contribution is -2.37. The summed E-state index contributed by atoms with van der Waals surface area (Å²) in [7, 11) is 0. The van der Waals surface area contributed by atoms with E-state index in [0.29, 0.717) is 6.54 Å². The Labute approximate surface area is 131 Å². The summed E-state index contributed by atoms with van der Waals surface area (Å²) in [6, 6.07) is 16.9. The molecule has 4 nitrogen and oxygen atoms in total. The van der Waals surface area contributed by atoms with Crippen molar-refractivity contribution in [1.29, 1.82) is 0 Å². The molecule has 0 bridgehead atoms. The number of aliphatic hydroxyl groups excluding tert-OH is 1. The maximum atomic E-state index is 9.94. The van der Waals surface area contributed by atoms with E-state index in [4.69, 9.17) is 4.74 Å². The molecule has 2 rings (SSSR count). The van der Waals surface area contributed by atoms with Gasteiger partial charge < -0.3 is 20.3 Å². The highest BCUT2D eigenvalue weighted by molar-refractivity contribution is 5.26. The van der Waals surface area contributed by atoms with E-state index in [0.717, 1.165) is 17.7 Å². The van der Waals surface area contributed by atoms with E-state index in [1.807, 2.05) is 42.5 Å². The molecule has 2 atom stereocenters. The highest BCUT2D eigenvalue weighted by atomic mass is 16.5. The fraction of sp³-hybridized carbons (Fsp3) is 0.333. The second-order valence-electron chi connectivity index (χ2n) is 5.46. The van der Waals surface area contributed by atoms with E-state index < -0.39 is 6.10 Å². The van der Waals surface area contributed by atoms with Crippen molar-refractivity contribution in [3.05, 3.63) is 60.2 Å². The molecule has 0 aliphatic heterocycles. The van der Waals surface area contributed by atoms with Crippen molar-refractivity contribution >= 4 is 0 Å². The molecule has 4 heteroatoms. The van der Waals surface area contributed by atoms with Crippen molar-refractivity contribution in [3.8, 4) is 11.5 Å². The van der Waals surface area contributed by atoms with Gasteiger partial charge in [0.15, 0.2) is 0 Å². The first-order chi connectivity index (χ1) is 10.6. The Bertz CT molecular complexity index is 542. The van der Waals surface area contributed by atoms with Crippen LogP contribution < -0.4 is 10.1 Å². The van der Waals surface area contributed by atoms with Gasteiger partial charge in [0.25, 0.3) is 0 Å². The number of rotatable bonds is 8. The summed E-state index contributed by atoms with van der Waals surface area (Å²) in [6.45, 7) is 2.81. The van der Waals surface area contributed by atoms with Gasteiger partial charge in [0.1, 0.15) is 24.2 Å². The van der Waals surface area contributed by atoms with E-state index in [9.17, 15) is 10.2 Å². The molecule has 0 heterocycles. The molecule has 3 N–H and O–H groups in total. The molecule has 0 saturated heterocycles. The van der Waals surface area contributed by atoms with Crippen LogP contribution in [0.2, 0.25) is 0 Å². The molecule has 2 aromatic carbocycles. The third kappa shape index (κ3) is 5.76. The number of phenolic OH excluding ortho intramolecular Hbond substituents is 1. The summed E-state index contributed by atoms with van der Waals surface area (Å²) >= 11 is 0. The van der Waals surface area contributed by atoms with Gasteiger partial charge in [-0.3, -0.25) is 0 Å². The lowest BCUT2D eigenvalue weighted by Gasteiger charge is -2.17. The Kier molecular flexibility index (Phi) is 6.25. The van der Waals surface area contributed by atoms with Crippen molar-refractivity contribution in [2.24, 2.45) is 0 Å². The summed E-state index contributed by atoms with van der Waals surface area (Å²) < 4.78 is 5.51. The number of phenols is 1. The highest BCUT2D eigenvalue weighted by Gasteiger charge is 2.08. The van der Waals surface area contributed by atoms with Crippen molar-refractivity contribution < 1.29 is 14.9 Å². The maximum absolute atomic E-state index is 9.94. The van der Waals surface area contributed by atoms with Crippen LogP contribution in [-0.2, 0) is 6.42 Å². The normalized spacial score (nSPS) is 13.5. The highest BCUT2D eigenvalue weighted by Crippen LogP contribution is 2.11. The second-order valence-corrected chi connectivity index (χ2v) is 5.46. The summed E-state index contributed by atoms with van der Waals surface area (Å²) in [4.78, 5) is 0. The number of hydrogen-bond donors (Lipinski definition) is 3. The molecular weight excluding hydrogens is 278 g/mol. The van der Waals surface area contributed by atoms with Crippen molar-refractivity contribution in [3.63, 3.8) is 0 Å². The third-order valence-corrected chi connectivity index (χ3v) is 3.37. The van der Waals surface area contributed by atoms with Gasteiger partial charge in [0.2, 0.25) is 0 Å². The predicted octanol–water partition coefficient (Wildman–Crippen LogP) is 2.35. The number of ether oxygens (including phenoxy) is 1. The van der Waals surface area contributed by atoms with Crippen LogP contribution in [0.3, 0.4) is 0 Å². The third-order valence-electron chi connectivity index (χ3n) is 3.37. The molecule has 0 aliphatic carbocycles. The molecule has 0 unspecified atom stereocenters. The first kappa shape index (κ1) is 16.3. The molecular formula is C18H23NO3. The largest absolute Gasteiger partial charge is 0.508 e. The summed E-state index contributed by atoms with van der Waals surface area (Å²) in [6.07, 6.45) is 0.287. The molecule has 0 spiro atoms. The first-order valence-corrected chi connectivity index (χ1v) is 7.50. The Hall–Kier alpha value is -2.04. The van der Waals surface area contributed by atoms with Gasteiger partial charge in [-0.1, -0.05) is 30.3 Å². The topological polar surface area (TPSA) is 61.7 Å². The molecule has 0 radical (unpaired) electrons. The molecule has 0 aliphatic rings. The van der Waals surface area contributed by atoms with Gasteiger partial charge in [-0.2, -0.15) is 0 Å². The van der Waals surface area contributed by atoms with Crippen LogP contribution in [0, 0.1) is 0 Å². The number of para-hydroxylation sites is 1. The minimum Gasteiger partial charge on any atom is -0.508 e. The average molecular weight is 301 g/mol. The van der Waals surface area contributed by atoms with Crippen molar-refractivity contribution in [2.75, 3.05) is 13.2 Å². The average Bonchev–Trinajstić information content (AvgIpc) is 2.54. The van der Waals surface area contributed by atoms with Crippen LogP contribution in [0.4, 0.5) is 0 Å².